The first-order valence-electron chi connectivity index (χ1n) is 11.3. The maximum Gasteiger partial charge on any atom is 0.138 e. The SMILES string of the molecule is C=C(CC(C)(CCN)CCc1cc(C#N)c(C(=C)NCC(C)(F)P)nc1C)Nc1ccccn1. The number of nitriles is 1. The molecular weight excluding hydrogens is 446 g/mol. The molecule has 6 nitrogen and oxygen atoms in total. The van der Waals surface area contributed by atoms with E-state index in [9.17, 15) is 9.65 Å². The topological polar surface area (TPSA) is 99.7 Å². The van der Waals surface area contributed by atoms with Gasteiger partial charge in [0.05, 0.1) is 17.8 Å². The number of anilines is 1. The Bertz CT molecular complexity index is 1040. The van der Waals surface area contributed by atoms with Gasteiger partial charge in [-0.25, -0.2) is 14.4 Å². The molecule has 3 atom stereocenters. The fraction of sp³-hybridized carbons (Fsp3) is 0.423. The van der Waals surface area contributed by atoms with E-state index in [1.807, 2.05) is 31.2 Å². The monoisotopic (exact) mass is 482 g/mol. The number of rotatable bonds is 13. The highest BCUT2D eigenvalue weighted by Gasteiger charge is 2.25. The maximum absolute atomic E-state index is 13.8. The van der Waals surface area contributed by atoms with Crippen LogP contribution in [0.1, 0.15) is 55.6 Å². The lowest BCUT2D eigenvalue weighted by Gasteiger charge is -2.31. The van der Waals surface area contributed by atoms with E-state index in [2.05, 4.69) is 56.0 Å². The number of allylic oxidation sites excluding steroid dienone is 1. The number of aryl methyl sites for hydroxylation is 2. The van der Waals surface area contributed by atoms with E-state index in [-0.39, 0.29) is 12.0 Å². The fourth-order valence-corrected chi connectivity index (χ4v) is 3.94. The molecule has 0 aromatic carbocycles. The van der Waals surface area contributed by atoms with Crippen molar-refractivity contribution in [2.75, 3.05) is 18.4 Å². The minimum absolute atomic E-state index is 0.0533. The second-order valence-electron chi connectivity index (χ2n) is 9.32. The third-order valence-electron chi connectivity index (χ3n) is 5.73. The van der Waals surface area contributed by atoms with Crippen LogP contribution in [0, 0.1) is 23.7 Å². The normalized spacial score (nSPS) is 14.4. The van der Waals surface area contributed by atoms with E-state index < -0.39 is 5.41 Å². The molecule has 182 valence electrons. The highest BCUT2D eigenvalue weighted by molar-refractivity contribution is 7.18. The van der Waals surface area contributed by atoms with Crippen LogP contribution in [0.4, 0.5) is 10.2 Å². The largest absolute Gasteiger partial charge is 0.380 e. The fourth-order valence-electron chi connectivity index (χ4n) is 3.84. The van der Waals surface area contributed by atoms with Crippen LogP contribution in [0.25, 0.3) is 5.70 Å². The molecule has 2 heterocycles. The minimum Gasteiger partial charge on any atom is -0.380 e. The van der Waals surface area contributed by atoms with Gasteiger partial charge in [0, 0.05) is 17.6 Å². The van der Waals surface area contributed by atoms with Gasteiger partial charge < -0.3 is 16.4 Å². The molecule has 0 aliphatic rings. The van der Waals surface area contributed by atoms with E-state index in [1.54, 1.807) is 6.20 Å². The summed E-state index contributed by atoms with van der Waals surface area (Å²) in [5.41, 5.74) is 9.87. The van der Waals surface area contributed by atoms with Crippen molar-refractivity contribution in [3.8, 4) is 6.07 Å². The summed E-state index contributed by atoms with van der Waals surface area (Å²) in [5, 5.41) is 14.4. The van der Waals surface area contributed by atoms with Crippen molar-refractivity contribution in [2.45, 2.75) is 51.9 Å². The molecule has 2 aromatic heterocycles. The Hall–Kier alpha value is -2.81. The predicted molar refractivity (Wildman–Crippen MR) is 142 cm³/mol. The molecule has 0 spiro atoms. The number of alkyl halides is 1. The Morgan fingerprint density at radius 1 is 1.29 bits per heavy atom. The molecule has 2 aromatic rings. The summed E-state index contributed by atoms with van der Waals surface area (Å²) in [6.07, 6.45) is 4.92. The number of nitrogens with zero attached hydrogens (tertiary/aromatic N) is 3. The molecule has 0 aliphatic carbocycles. The third kappa shape index (κ3) is 8.52. The molecule has 0 amide bonds. The molecule has 8 heteroatoms. The summed E-state index contributed by atoms with van der Waals surface area (Å²) in [7, 11) is 2.14. The van der Waals surface area contributed by atoms with Crippen LogP contribution in [0.3, 0.4) is 0 Å². The van der Waals surface area contributed by atoms with Crippen molar-refractivity contribution in [3.63, 3.8) is 0 Å². The second kappa shape index (κ2) is 12.1. The van der Waals surface area contributed by atoms with Crippen LogP contribution in [-0.4, -0.2) is 28.5 Å². The van der Waals surface area contributed by atoms with E-state index in [4.69, 9.17) is 5.73 Å². The third-order valence-corrected chi connectivity index (χ3v) is 5.93. The Morgan fingerprint density at radius 3 is 2.62 bits per heavy atom. The zero-order chi connectivity index (χ0) is 25.4. The zero-order valence-corrected chi connectivity index (χ0v) is 21.6. The Morgan fingerprint density at radius 2 is 2.03 bits per heavy atom. The van der Waals surface area contributed by atoms with Crippen LogP contribution in [0.2, 0.25) is 0 Å². The molecule has 0 saturated carbocycles. The molecule has 4 N–H and O–H groups in total. The smallest absolute Gasteiger partial charge is 0.138 e. The van der Waals surface area contributed by atoms with Gasteiger partial charge in [-0.2, -0.15) is 5.26 Å². The lowest BCUT2D eigenvalue weighted by atomic mass is 9.77. The second-order valence-corrected chi connectivity index (χ2v) is 10.5. The van der Waals surface area contributed by atoms with Gasteiger partial charge >= 0.3 is 0 Å². The van der Waals surface area contributed by atoms with Gasteiger partial charge in [-0.15, -0.1) is 0 Å². The standard InChI is InChI=1S/C26H36FN6P/c1-18(32-23-8-6-7-13-30-23)15-25(4,11-12-28)10-9-21-14-22(16-29)24(33-19(21)2)20(3)31-17-26(5,27)34/h6-8,13-14,31H,1,3,9-12,15,17,28,34H2,2,4-5H3,(H,30,32). The van der Waals surface area contributed by atoms with Crippen LogP contribution in [0.5, 0.6) is 0 Å². The van der Waals surface area contributed by atoms with E-state index in [0.29, 0.717) is 23.5 Å². The van der Waals surface area contributed by atoms with Crippen molar-refractivity contribution >= 4 is 20.8 Å². The van der Waals surface area contributed by atoms with Gasteiger partial charge in [0.2, 0.25) is 0 Å². The number of nitrogens with one attached hydrogen (secondary N) is 2. The molecule has 0 radical (unpaired) electrons. The van der Waals surface area contributed by atoms with E-state index >= 15 is 0 Å². The summed E-state index contributed by atoms with van der Waals surface area (Å²) in [4.78, 5) is 8.93. The highest BCUT2D eigenvalue weighted by atomic mass is 31.0. The first kappa shape index (κ1) is 27.4. The maximum atomic E-state index is 13.8. The van der Waals surface area contributed by atoms with Crippen LogP contribution in [0.15, 0.2) is 49.3 Å². The number of hydrogen-bond acceptors (Lipinski definition) is 6. The van der Waals surface area contributed by atoms with Gasteiger partial charge in [0.15, 0.2) is 0 Å². The van der Waals surface area contributed by atoms with Crippen LogP contribution < -0.4 is 16.4 Å². The molecule has 2 rings (SSSR count). The minimum atomic E-state index is -1.48. The summed E-state index contributed by atoms with van der Waals surface area (Å²) in [6, 6.07) is 9.78. The number of pyridine rings is 2. The van der Waals surface area contributed by atoms with Crippen molar-refractivity contribution < 1.29 is 4.39 Å². The van der Waals surface area contributed by atoms with Crippen molar-refractivity contribution in [3.05, 3.63) is 71.8 Å². The van der Waals surface area contributed by atoms with E-state index in [1.165, 1.54) is 6.92 Å². The number of hydrogen-bond donors (Lipinski definition) is 3. The van der Waals surface area contributed by atoms with Gasteiger partial charge in [0.25, 0.3) is 0 Å². The average molecular weight is 483 g/mol. The highest BCUT2D eigenvalue weighted by Crippen LogP contribution is 2.35. The summed E-state index contributed by atoms with van der Waals surface area (Å²) < 4.78 is 13.8. The quantitative estimate of drug-likeness (QED) is 0.344. The molecule has 0 fully saturated rings. The summed E-state index contributed by atoms with van der Waals surface area (Å²) in [6.45, 7) is 14.3. The van der Waals surface area contributed by atoms with Crippen LogP contribution >= 0.6 is 9.24 Å². The van der Waals surface area contributed by atoms with E-state index in [0.717, 1.165) is 48.5 Å². The first-order valence-corrected chi connectivity index (χ1v) is 11.9. The zero-order valence-electron chi connectivity index (χ0n) is 20.4. The lowest BCUT2D eigenvalue weighted by Crippen LogP contribution is -2.27. The van der Waals surface area contributed by atoms with Crippen molar-refractivity contribution in [1.82, 2.24) is 15.3 Å². The molecule has 0 bridgehead atoms. The Balaban J connectivity index is 2.13. The molecule has 0 saturated heterocycles. The lowest BCUT2D eigenvalue weighted by molar-refractivity contribution is 0.275. The number of halogens is 1. The summed E-state index contributed by atoms with van der Waals surface area (Å²) in [5.74, 6) is 0.764. The molecular formula is C26H36FN6P. The van der Waals surface area contributed by atoms with Gasteiger partial charge in [-0.1, -0.05) is 35.4 Å². The Kier molecular flexibility index (Phi) is 9.73. The molecule has 34 heavy (non-hydrogen) atoms. The number of aromatic nitrogens is 2. The van der Waals surface area contributed by atoms with Gasteiger partial charge in [0.1, 0.15) is 23.0 Å². The Labute approximate surface area is 205 Å². The van der Waals surface area contributed by atoms with Gasteiger partial charge in [-0.3, -0.25) is 0 Å². The average Bonchev–Trinajstić information content (AvgIpc) is 2.76. The van der Waals surface area contributed by atoms with Crippen LogP contribution in [-0.2, 0) is 6.42 Å². The van der Waals surface area contributed by atoms with Crippen molar-refractivity contribution in [1.29, 1.82) is 5.26 Å². The first-order chi connectivity index (χ1) is 16.0. The summed E-state index contributed by atoms with van der Waals surface area (Å²) >= 11 is 0. The number of nitrogens with two attached hydrogens (primary N) is 1. The van der Waals surface area contributed by atoms with Crippen molar-refractivity contribution in [2.24, 2.45) is 11.1 Å². The molecule has 3 unspecified atom stereocenters. The predicted octanol–water partition coefficient (Wildman–Crippen LogP) is 5.08. The van der Waals surface area contributed by atoms with Gasteiger partial charge in [-0.05, 0) is 75.3 Å². The molecule has 0 aliphatic heterocycles.